The third-order valence-electron chi connectivity index (χ3n) is 3.29. The number of hydrogen-bond donors (Lipinski definition) is 1. The van der Waals surface area contributed by atoms with Crippen LogP contribution in [0.1, 0.15) is 24.9 Å². The third kappa shape index (κ3) is 2.99. The highest BCUT2D eigenvalue weighted by atomic mass is 35.5. The van der Waals surface area contributed by atoms with Crippen LogP contribution in [0.5, 0.6) is 0 Å². The van der Waals surface area contributed by atoms with Gasteiger partial charge < -0.3 is 5.32 Å². The molecule has 1 saturated heterocycles. The highest BCUT2D eigenvalue weighted by Gasteiger charge is 2.30. The summed E-state index contributed by atoms with van der Waals surface area (Å²) in [5.41, 5.74) is 0.752. The molecule has 1 aliphatic rings. The van der Waals surface area contributed by atoms with Crippen molar-refractivity contribution in [3.05, 3.63) is 33.8 Å². The van der Waals surface area contributed by atoms with Gasteiger partial charge >= 0.3 is 0 Å². The Balaban J connectivity index is 2.36. The molecule has 2 atom stereocenters. The van der Waals surface area contributed by atoms with Gasteiger partial charge in [0, 0.05) is 16.1 Å². The molecule has 1 N–H and O–H groups in total. The number of rotatable bonds is 1. The van der Waals surface area contributed by atoms with Crippen LogP contribution in [-0.2, 0) is 9.84 Å². The fourth-order valence-corrected chi connectivity index (χ4v) is 4.07. The van der Waals surface area contributed by atoms with Crippen LogP contribution in [0.3, 0.4) is 0 Å². The van der Waals surface area contributed by atoms with Gasteiger partial charge in [-0.3, -0.25) is 0 Å². The Morgan fingerprint density at radius 3 is 2.78 bits per heavy atom. The second-order valence-electron chi connectivity index (χ2n) is 4.60. The molecule has 0 aliphatic carbocycles. The van der Waals surface area contributed by atoms with Crippen molar-refractivity contribution in [1.82, 2.24) is 5.32 Å². The Kier molecular flexibility index (Phi) is 4.22. The van der Waals surface area contributed by atoms with Crippen molar-refractivity contribution in [1.29, 1.82) is 0 Å². The van der Waals surface area contributed by atoms with Gasteiger partial charge in [-0.2, -0.15) is 0 Å². The molecular weight excluding hydrogens is 293 g/mol. The van der Waals surface area contributed by atoms with E-state index < -0.39 is 9.84 Å². The first-order chi connectivity index (χ1) is 8.40. The van der Waals surface area contributed by atoms with Gasteiger partial charge in [-0.25, -0.2) is 8.42 Å². The van der Waals surface area contributed by atoms with Crippen LogP contribution in [0, 0.1) is 0 Å². The quantitative estimate of drug-likeness (QED) is 0.868. The molecule has 1 heterocycles. The maximum absolute atomic E-state index is 12.1. The number of nitrogens with one attached hydrogen (secondary N) is 1. The predicted molar refractivity (Wildman–Crippen MR) is 75.1 cm³/mol. The fourth-order valence-electron chi connectivity index (χ4n) is 2.08. The predicted octanol–water partition coefficient (Wildman–Crippen LogP) is 2.83. The van der Waals surface area contributed by atoms with E-state index in [2.05, 4.69) is 5.32 Å². The molecule has 6 heteroatoms. The summed E-state index contributed by atoms with van der Waals surface area (Å²) in [6.45, 7) is 2.41. The molecule has 0 aromatic heterocycles. The largest absolute Gasteiger partial charge is 0.309 e. The Labute approximate surface area is 117 Å². The van der Waals surface area contributed by atoms with Crippen molar-refractivity contribution in [2.75, 3.05) is 12.3 Å². The van der Waals surface area contributed by atoms with Crippen molar-refractivity contribution in [2.24, 2.45) is 0 Å². The SMILES string of the molecule is CC1CCNC(c2cc(Cl)ccc2Cl)CS1(=O)=O. The van der Waals surface area contributed by atoms with Crippen LogP contribution in [0.2, 0.25) is 10.0 Å². The smallest absolute Gasteiger partial charge is 0.154 e. The van der Waals surface area contributed by atoms with Crippen LogP contribution in [0.25, 0.3) is 0 Å². The molecule has 2 unspecified atom stereocenters. The van der Waals surface area contributed by atoms with Gasteiger partial charge in [0.25, 0.3) is 0 Å². The Bertz CT molecular complexity index is 545. The van der Waals surface area contributed by atoms with E-state index in [0.29, 0.717) is 23.0 Å². The average molecular weight is 308 g/mol. The first-order valence-corrected chi connectivity index (χ1v) is 8.27. The van der Waals surface area contributed by atoms with E-state index in [0.717, 1.165) is 5.56 Å². The lowest BCUT2D eigenvalue weighted by molar-refractivity contribution is 0.572. The fraction of sp³-hybridized carbons (Fsp3) is 0.500. The molecule has 18 heavy (non-hydrogen) atoms. The van der Waals surface area contributed by atoms with Crippen LogP contribution in [-0.4, -0.2) is 26.0 Å². The Hall–Kier alpha value is -0.290. The zero-order valence-corrected chi connectivity index (χ0v) is 12.3. The topological polar surface area (TPSA) is 46.2 Å². The van der Waals surface area contributed by atoms with Gasteiger partial charge in [-0.15, -0.1) is 0 Å². The lowest BCUT2D eigenvalue weighted by atomic mass is 10.1. The molecule has 2 rings (SSSR count). The molecule has 1 aliphatic heterocycles. The summed E-state index contributed by atoms with van der Waals surface area (Å²) in [6, 6.07) is 4.84. The molecule has 1 fully saturated rings. The monoisotopic (exact) mass is 307 g/mol. The van der Waals surface area contributed by atoms with Crippen molar-refractivity contribution in [3.63, 3.8) is 0 Å². The summed E-state index contributed by atoms with van der Waals surface area (Å²) < 4.78 is 24.1. The van der Waals surface area contributed by atoms with E-state index in [1.807, 2.05) is 0 Å². The van der Waals surface area contributed by atoms with E-state index in [1.165, 1.54) is 0 Å². The van der Waals surface area contributed by atoms with E-state index in [-0.39, 0.29) is 17.0 Å². The van der Waals surface area contributed by atoms with Gasteiger partial charge in [-0.1, -0.05) is 23.2 Å². The van der Waals surface area contributed by atoms with Gasteiger partial charge in [0.1, 0.15) is 0 Å². The molecule has 1 aromatic carbocycles. The van der Waals surface area contributed by atoms with Crippen molar-refractivity contribution in [2.45, 2.75) is 24.6 Å². The number of sulfone groups is 1. The average Bonchev–Trinajstić information content (AvgIpc) is 2.42. The first-order valence-electron chi connectivity index (χ1n) is 5.80. The Morgan fingerprint density at radius 2 is 2.06 bits per heavy atom. The molecular formula is C12H15Cl2NO2S. The van der Waals surface area contributed by atoms with Gasteiger partial charge in [-0.05, 0) is 43.7 Å². The van der Waals surface area contributed by atoms with Crippen LogP contribution < -0.4 is 5.32 Å². The van der Waals surface area contributed by atoms with Crippen LogP contribution >= 0.6 is 23.2 Å². The molecule has 0 bridgehead atoms. The summed E-state index contributed by atoms with van der Waals surface area (Å²) in [5, 5.41) is 4.02. The molecule has 0 spiro atoms. The Morgan fingerprint density at radius 1 is 1.33 bits per heavy atom. The first kappa shape index (κ1) is 14.1. The van der Waals surface area contributed by atoms with Gasteiger partial charge in [0.05, 0.1) is 11.0 Å². The highest BCUT2D eigenvalue weighted by Crippen LogP contribution is 2.29. The summed E-state index contributed by atoms with van der Waals surface area (Å²) in [7, 11) is -3.09. The van der Waals surface area contributed by atoms with Crippen LogP contribution in [0.15, 0.2) is 18.2 Å². The highest BCUT2D eigenvalue weighted by molar-refractivity contribution is 7.92. The summed E-state index contributed by atoms with van der Waals surface area (Å²) in [5.74, 6) is 0.0637. The number of benzene rings is 1. The maximum atomic E-state index is 12.1. The van der Waals surface area contributed by atoms with E-state index >= 15 is 0 Å². The van der Waals surface area contributed by atoms with Gasteiger partial charge in [0.15, 0.2) is 9.84 Å². The van der Waals surface area contributed by atoms with E-state index in [4.69, 9.17) is 23.2 Å². The molecule has 3 nitrogen and oxygen atoms in total. The maximum Gasteiger partial charge on any atom is 0.154 e. The standard InChI is InChI=1S/C12H15Cl2NO2S/c1-8-4-5-15-12(7-18(8,16)17)10-6-9(13)2-3-11(10)14/h2-3,6,8,12,15H,4-5,7H2,1H3. The normalized spacial score (nSPS) is 27.7. The number of halogens is 2. The molecule has 0 amide bonds. The lowest BCUT2D eigenvalue weighted by Gasteiger charge is -2.17. The van der Waals surface area contributed by atoms with Crippen molar-refractivity contribution < 1.29 is 8.42 Å². The molecule has 0 radical (unpaired) electrons. The van der Waals surface area contributed by atoms with Crippen LogP contribution in [0.4, 0.5) is 0 Å². The zero-order chi connectivity index (χ0) is 13.3. The second kappa shape index (κ2) is 5.37. The minimum Gasteiger partial charge on any atom is -0.309 e. The molecule has 100 valence electrons. The number of hydrogen-bond acceptors (Lipinski definition) is 3. The van der Waals surface area contributed by atoms with Gasteiger partial charge in [0.2, 0.25) is 0 Å². The summed E-state index contributed by atoms with van der Waals surface area (Å²) in [4.78, 5) is 0. The van der Waals surface area contributed by atoms with Crippen molar-refractivity contribution in [3.8, 4) is 0 Å². The summed E-state index contributed by atoms with van der Waals surface area (Å²) >= 11 is 12.1. The summed E-state index contributed by atoms with van der Waals surface area (Å²) in [6.07, 6.45) is 0.622. The van der Waals surface area contributed by atoms with Crippen molar-refractivity contribution >= 4 is 33.0 Å². The minimum absolute atomic E-state index is 0.0637. The lowest BCUT2D eigenvalue weighted by Crippen LogP contribution is -2.26. The molecule has 0 saturated carbocycles. The molecule has 1 aromatic rings. The van der Waals surface area contributed by atoms with E-state index in [9.17, 15) is 8.42 Å². The van der Waals surface area contributed by atoms with E-state index in [1.54, 1.807) is 25.1 Å². The second-order valence-corrected chi connectivity index (χ2v) is 7.91. The zero-order valence-electron chi connectivity index (χ0n) is 9.99. The minimum atomic E-state index is -3.09. The third-order valence-corrected chi connectivity index (χ3v) is 6.13.